The van der Waals surface area contributed by atoms with Gasteiger partial charge in [0.2, 0.25) is 5.91 Å². The summed E-state index contributed by atoms with van der Waals surface area (Å²) in [4.78, 5) is 49.3. The van der Waals surface area contributed by atoms with E-state index >= 15 is 0 Å². The van der Waals surface area contributed by atoms with E-state index in [1.54, 1.807) is 17.5 Å². The lowest BCUT2D eigenvalue weighted by Crippen LogP contribution is -2.55. The van der Waals surface area contributed by atoms with Crippen LogP contribution in [0.1, 0.15) is 36.3 Å². The van der Waals surface area contributed by atoms with Crippen LogP contribution < -0.4 is 5.32 Å². The molecule has 1 saturated carbocycles. The summed E-state index contributed by atoms with van der Waals surface area (Å²) >= 11 is 1.63. The van der Waals surface area contributed by atoms with Gasteiger partial charge in [-0.2, -0.15) is 0 Å². The average molecular weight is 491 g/mol. The van der Waals surface area contributed by atoms with Gasteiger partial charge in [0.25, 0.3) is 5.91 Å². The van der Waals surface area contributed by atoms with Gasteiger partial charge in [0.05, 0.1) is 5.69 Å². The second-order valence-electron chi connectivity index (χ2n) is 10.2. The van der Waals surface area contributed by atoms with Gasteiger partial charge in [-0.15, -0.1) is 11.3 Å². The van der Waals surface area contributed by atoms with Crippen molar-refractivity contribution in [3.05, 3.63) is 64.6 Å². The number of imide groups is 1. The van der Waals surface area contributed by atoms with E-state index in [4.69, 9.17) is 0 Å². The molecule has 2 aromatic rings. The van der Waals surface area contributed by atoms with Gasteiger partial charge in [-0.25, -0.2) is 4.79 Å². The molecule has 2 aliphatic carbocycles. The van der Waals surface area contributed by atoms with Crippen molar-refractivity contribution in [2.75, 3.05) is 19.6 Å². The number of aromatic nitrogens is 1. The summed E-state index contributed by atoms with van der Waals surface area (Å²) in [5, 5.41) is 5.07. The number of pyridine rings is 1. The van der Waals surface area contributed by atoms with Crippen LogP contribution in [0, 0.1) is 23.7 Å². The molecule has 4 heterocycles. The van der Waals surface area contributed by atoms with Crippen molar-refractivity contribution in [3.8, 4) is 0 Å². The molecule has 3 fully saturated rings. The van der Waals surface area contributed by atoms with Crippen molar-refractivity contribution >= 4 is 29.2 Å². The molecule has 4 aliphatic rings. The lowest BCUT2D eigenvalue weighted by molar-refractivity contribution is -0.139. The molecular formula is C27H30N4O3S. The number of likely N-dealkylation sites (tertiary alicyclic amines) is 1. The van der Waals surface area contributed by atoms with Crippen LogP contribution in [0.15, 0.2) is 54.1 Å². The number of nitrogens with zero attached hydrogens (tertiary/aromatic N) is 3. The Hall–Kier alpha value is -3.00. The lowest BCUT2D eigenvalue weighted by Gasteiger charge is -2.41. The first-order valence-electron chi connectivity index (χ1n) is 12.6. The fourth-order valence-corrected chi connectivity index (χ4v) is 7.26. The van der Waals surface area contributed by atoms with Gasteiger partial charge in [-0.05, 0) is 67.5 Å². The van der Waals surface area contributed by atoms with Crippen LogP contribution in [0.2, 0.25) is 0 Å². The van der Waals surface area contributed by atoms with E-state index in [-0.39, 0.29) is 29.7 Å². The van der Waals surface area contributed by atoms with Crippen LogP contribution in [0.4, 0.5) is 4.79 Å². The number of carbonyl (C=O) groups excluding carboxylic acids is 3. The number of fused-ring (bicyclic) bond motifs is 2. The van der Waals surface area contributed by atoms with E-state index in [2.05, 4.69) is 22.5 Å². The van der Waals surface area contributed by atoms with Crippen LogP contribution in [0.3, 0.4) is 0 Å². The van der Waals surface area contributed by atoms with Crippen LogP contribution >= 0.6 is 11.3 Å². The number of hydrogen-bond acceptors (Lipinski definition) is 5. The van der Waals surface area contributed by atoms with Crippen LogP contribution in [0.5, 0.6) is 0 Å². The Labute approximate surface area is 209 Å². The normalized spacial score (nSPS) is 30.3. The highest BCUT2D eigenvalue weighted by Crippen LogP contribution is 2.45. The predicted octanol–water partition coefficient (Wildman–Crippen LogP) is 3.58. The summed E-state index contributed by atoms with van der Waals surface area (Å²) in [5.74, 6) is 0.965. The molecule has 2 aliphatic heterocycles. The molecule has 0 aromatic carbocycles. The van der Waals surface area contributed by atoms with Crippen molar-refractivity contribution in [2.45, 2.75) is 37.6 Å². The van der Waals surface area contributed by atoms with Gasteiger partial charge in [0, 0.05) is 42.5 Å². The number of carbonyl (C=O) groups is 3. The van der Waals surface area contributed by atoms with Crippen LogP contribution in [-0.2, 0) is 21.5 Å². The number of urea groups is 1. The largest absolute Gasteiger partial charge is 0.342 e. The summed E-state index contributed by atoms with van der Waals surface area (Å²) in [7, 11) is 0. The maximum Gasteiger partial charge on any atom is 0.325 e. The van der Waals surface area contributed by atoms with Crippen LogP contribution in [-0.4, -0.2) is 52.3 Å². The Balaban J connectivity index is 1.21. The summed E-state index contributed by atoms with van der Waals surface area (Å²) in [6.45, 7) is 1.55. The molecule has 182 valence electrons. The second kappa shape index (κ2) is 8.90. The summed E-state index contributed by atoms with van der Waals surface area (Å²) in [6.07, 6.45) is 10.2. The number of nitrogens with one attached hydrogen (secondary N) is 1. The number of thiophene rings is 1. The van der Waals surface area contributed by atoms with E-state index in [0.717, 1.165) is 17.7 Å². The highest BCUT2D eigenvalue weighted by molar-refractivity contribution is 7.09. The number of rotatable bonds is 6. The molecule has 4 amide bonds. The lowest BCUT2D eigenvalue weighted by atomic mass is 9.74. The molecule has 0 unspecified atom stereocenters. The third-order valence-corrected chi connectivity index (χ3v) is 9.31. The Bertz CT molecular complexity index is 1140. The standard InChI is InChI=1S/C27H30N4O3S/c32-24(22-17-18-6-7-19(22)16-18)30-12-8-20(9-13-30)27(23-5-1-2-11-28-23)25(33)31(26(34)29-27)14-10-21-4-3-15-35-21/h1-7,11,15,18-20,22H,8-10,12-14,16-17H2,(H,29,34)/t18-,19+,22+,27-/m1/s1. The topological polar surface area (TPSA) is 82.6 Å². The monoisotopic (exact) mass is 490 g/mol. The number of hydrogen-bond donors (Lipinski definition) is 1. The minimum Gasteiger partial charge on any atom is -0.342 e. The molecule has 4 atom stereocenters. The molecule has 6 rings (SSSR count). The van der Waals surface area contributed by atoms with Crippen molar-refractivity contribution in [1.29, 1.82) is 0 Å². The van der Waals surface area contributed by atoms with Gasteiger partial charge in [0.15, 0.2) is 5.54 Å². The maximum atomic E-state index is 13.9. The molecule has 2 saturated heterocycles. The van der Waals surface area contributed by atoms with Crippen molar-refractivity contribution in [3.63, 3.8) is 0 Å². The Morgan fingerprint density at radius 1 is 1.11 bits per heavy atom. The highest BCUT2D eigenvalue weighted by atomic mass is 32.1. The first kappa shape index (κ1) is 22.5. The zero-order valence-electron chi connectivity index (χ0n) is 19.6. The third kappa shape index (κ3) is 3.78. The Morgan fingerprint density at radius 3 is 2.63 bits per heavy atom. The molecular weight excluding hydrogens is 460 g/mol. The van der Waals surface area contributed by atoms with E-state index in [1.165, 1.54) is 4.90 Å². The van der Waals surface area contributed by atoms with E-state index < -0.39 is 5.54 Å². The summed E-state index contributed by atoms with van der Waals surface area (Å²) < 4.78 is 0. The number of amides is 4. The molecule has 2 bridgehead atoms. The first-order valence-corrected chi connectivity index (χ1v) is 13.5. The number of allylic oxidation sites excluding steroid dienone is 2. The Kier molecular flexibility index (Phi) is 5.71. The van der Waals surface area contributed by atoms with Crippen LogP contribution in [0.25, 0.3) is 0 Å². The minimum atomic E-state index is -1.18. The molecule has 0 spiro atoms. The molecule has 35 heavy (non-hydrogen) atoms. The van der Waals surface area contributed by atoms with Gasteiger partial charge in [0.1, 0.15) is 0 Å². The molecule has 7 nitrogen and oxygen atoms in total. The summed E-state index contributed by atoms with van der Waals surface area (Å²) in [5.41, 5.74) is -0.599. The minimum absolute atomic E-state index is 0.104. The average Bonchev–Trinajstić information content (AvgIpc) is 3.69. The fraction of sp³-hybridized carbons (Fsp3) is 0.481. The SMILES string of the molecule is O=C([C@H]1C[C@@H]2C=C[C@H]1C2)N1CCC([C@]2(c3ccccn3)NC(=O)N(CCc3cccs3)C2=O)CC1. The summed E-state index contributed by atoms with van der Waals surface area (Å²) in [6, 6.07) is 9.15. The Morgan fingerprint density at radius 2 is 1.97 bits per heavy atom. The molecule has 8 heteroatoms. The molecule has 2 aromatic heterocycles. The van der Waals surface area contributed by atoms with Gasteiger partial charge >= 0.3 is 6.03 Å². The fourth-order valence-electron chi connectivity index (χ4n) is 6.56. The van der Waals surface area contributed by atoms with Gasteiger partial charge in [-0.1, -0.05) is 24.3 Å². The van der Waals surface area contributed by atoms with E-state index in [0.29, 0.717) is 56.4 Å². The second-order valence-corrected chi connectivity index (χ2v) is 11.3. The van der Waals surface area contributed by atoms with Crippen molar-refractivity contribution in [1.82, 2.24) is 20.1 Å². The van der Waals surface area contributed by atoms with Gasteiger partial charge in [-0.3, -0.25) is 19.5 Å². The van der Waals surface area contributed by atoms with Crippen molar-refractivity contribution < 1.29 is 14.4 Å². The predicted molar refractivity (Wildman–Crippen MR) is 132 cm³/mol. The van der Waals surface area contributed by atoms with Crippen molar-refractivity contribution in [2.24, 2.45) is 23.7 Å². The van der Waals surface area contributed by atoms with E-state index in [9.17, 15) is 14.4 Å². The van der Waals surface area contributed by atoms with Gasteiger partial charge < -0.3 is 10.2 Å². The third-order valence-electron chi connectivity index (χ3n) is 8.38. The molecule has 0 radical (unpaired) electrons. The maximum absolute atomic E-state index is 13.9. The highest BCUT2D eigenvalue weighted by Gasteiger charge is 2.58. The quantitative estimate of drug-likeness (QED) is 0.496. The number of piperidine rings is 1. The van der Waals surface area contributed by atoms with E-state index in [1.807, 2.05) is 40.6 Å². The molecule has 1 N–H and O–H groups in total. The first-order chi connectivity index (χ1) is 17.1. The zero-order chi connectivity index (χ0) is 24.0. The zero-order valence-corrected chi connectivity index (χ0v) is 20.5. The smallest absolute Gasteiger partial charge is 0.325 e.